The van der Waals surface area contributed by atoms with Crippen LogP contribution in [0.2, 0.25) is 0 Å². The van der Waals surface area contributed by atoms with Gasteiger partial charge < -0.3 is 15.3 Å². The molecule has 0 fully saturated rings. The van der Waals surface area contributed by atoms with Gasteiger partial charge >= 0.3 is 0 Å². The molecule has 4 rings (SSSR count). The van der Waals surface area contributed by atoms with Crippen LogP contribution in [0.3, 0.4) is 0 Å². The summed E-state index contributed by atoms with van der Waals surface area (Å²) in [5.74, 6) is -0.724. The van der Waals surface area contributed by atoms with Gasteiger partial charge in [0, 0.05) is 22.2 Å². The second-order valence-corrected chi connectivity index (χ2v) is 7.69. The molecular formula is C20H14N2O6S. The van der Waals surface area contributed by atoms with Crippen LogP contribution in [0.4, 0.5) is 11.4 Å². The normalized spacial score (nSPS) is 12.2. The summed E-state index contributed by atoms with van der Waals surface area (Å²) in [4.78, 5) is -0.456. The quantitative estimate of drug-likeness (QED) is 0.283. The Labute approximate surface area is 164 Å². The number of aromatic hydroxyl groups is 3. The third-order valence-corrected chi connectivity index (χ3v) is 5.33. The Hall–Kier alpha value is -3.69. The van der Waals surface area contributed by atoms with E-state index in [-0.39, 0.29) is 33.6 Å². The van der Waals surface area contributed by atoms with Crippen molar-refractivity contribution in [3.63, 3.8) is 0 Å². The molecule has 0 aliphatic carbocycles. The lowest BCUT2D eigenvalue weighted by molar-refractivity contribution is 0.468. The smallest absolute Gasteiger partial charge is 0.295 e. The first kappa shape index (κ1) is 18.7. The zero-order valence-electron chi connectivity index (χ0n) is 14.7. The number of azo groups is 1. The van der Waals surface area contributed by atoms with Crippen molar-refractivity contribution in [1.29, 1.82) is 0 Å². The molecule has 0 saturated heterocycles. The van der Waals surface area contributed by atoms with E-state index < -0.39 is 20.8 Å². The maximum absolute atomic E-state index is 11.6. The Morgan fingerprint density at radius 2 is 1.31 bits per heavy atom. The molecule has 0 atom stereocenters. The molecule has 146 valence electrons. The lowest BCUT2D eigenvalue weighted by Gasteiger charge is -2.09. The third kappa shape index (κ3) is 3.33. The fraction of sp³-hybridized carbons (Fsp3) is 0. The molecule has 0 aromatic heterocycles. The van der Waals surface area contributed by atoms with Gasteiger partial charge in [-0.15, -0.1) is 10.2 Å². The molecule has 0 aliphatic heterocycles. The topological polar surface area (TPSA) is 140 Å². The van der Waals surface area contributed by atoms with Crippen LogP contribution in [0.15, 0.2) is 75.8 Å². The summed E-state index contributed by atoms with van der Waals surface area (Å²) < 4.78 is 32.7. The monoisotopic (exact) mass is 410 g/mol. The first-order valence-corrected chi connectivity index (χ1v) is 9.78. The maximum atomic E-state index is 11.6. The number of hydrogen-bond acceptors (Lipinski definition) is 7. The second-order valence-electron chi connectivity index (χ2n) is 6.30. The molecule has 0 heterocycles. The minimum absolute atomic E-state index is 0.0228. The highest BCUT2D eigenvalue weighted by molar-refractivity contribution is 7.86. The summed E-state index contributed by atoms with van der Waals surface area (Å²) in [6, 6.07) is 14.7. The van der Waals surface area contributed by atoms with Gasteiger partial charge in [-0.2, -0.15) is 8.42 Å². The lowest BCUT2D eigenvalue weighted by atomic mass is 10.1. The van der Waals surface area contributed by atoms with Crippen LogP contribution < -0.4 is 0 Å². The molecule has 0 radical (unpaired) electrons. The van der Waals surface area contributed by atoms with Gasteiger partial charge in [-0.3, -0.25) is 4.55 Å². The van der Waals surface area contributed by atoms with Gasteiger partial charge in [0.1, 0.15) is 33.5 Å². The first-order valence-electron chi connectivity index (χ1n) is 8.34. The van der Waals surface area contributed by atoms with Crippen molar-refractivity contribution in [3.8, 4) is 17.2 Å². The molecule has 8 nitrogen and oxygen atoms in total. The van der Waals surface area contributed by atoms with Crippen LogP contribution in [0.1, 0.15) is 0 Å². The minimum atomic E-state index is -4.58. The Kier molecular flexibility index (Phi) is 4.33. The van der Waals surface area contributed by atoms with Crippen molar-refractivity contribution in [2.24, 2.45) is 10.2 Å². The highest BCUT2D eigenvalue weighted by Gasteiger charge is 2.19. The fourth-order valence-electron chi connectivity index (χ4n) is 3.12. The van der Waals surface area contributed by atoms with Gasteiger partial charge in [0.15, 0.2) is 0 Å². The number of phenols is 3. The molecule has 0 unspecified atom stereocenters. The number of benzene rings is 4. The van der Waals surface area contributed by atoms with Gasteiger partial charge in [0.25, 0.3) is 10.1 Å². The van der Waals surface area contributed by atoms with Crippen molar-refractivity contribution in [2.75, 3.05) is 0 Å². The van der Waals surface area contributed by atoms with Crippen molar-refractivity contribution in [1.82, 2.24) is 0 Å². The fourth-order valence-corrected chi connectivity index (χ4v) is 3.83. The van der Waals surface area contributed by atoms with E-state index in [0.29, 0.717) is 10.8 Å². The summed E-state index contributed by atoms with van der Waals surface area (Å²) >= 11 is 0. The van der Waals surface area contributed by atoms with E-state index in [1.165, 1.54) is 30.3 Å². The van der Waals surface area contributed by atoms with Crippen LogP contribution in [0.25, 0.3) is 21.5 Å². The zero-order chi connectivity index (χ0) is 20.8. The van der Waals surface area contributed by atoms with E-state index in [9.17, 15) is 28.3 Å². The number of nitrogens with zero attached hydrogens (tertiary/aromatic N) is 2. The molecule has 4 N–H and O–H groups in total. The molecule has 4 aromatic rings. The summed E-state index contributed by atoms with van der Waals surface area (Å²) in [6.07, 6.45) is 0. The average Bonchev–Trinajstić information content (AvgIpc) is 2.67. The minimum Gasteiger partial charge on any atom is -0.508 e. The molecule has 9 heteroatoms. The lowest BCUT2D eigenvalue weighted by Crippen LogP contribution is -1.99. The van der Waals surface area contributed by atoms with Crippen LogP contribution >= 0.6 is 0 Å². The Bertz CT molecular complexity index is 1410. The summed E-state index contributed by atoms with van der Waals surface area (Å²) in [7, 11) is -4.58. The number of phenolic OH excluding ortho intramolecular Hbond substituents is 3. The zero-order valence-corrected chi connectivity index (χ0v) is 15.5. The summed E-state index contributed by atoms with van der Waals surface area (Å²) in [5, 5.41) is 39.9. The van der Waals surface area contributed by atoms with Crippen molar-refractivity contribution in [3.05, 3.63) is 60.7 Å². The molecule has 0 spiro atoms. The summed E-state index contributed by atoms with van der Waals surface area (Å²) in [6.45, 7) is 0. The van der Waals surface area contributed by atoms with E-state index in [0.717, 1.165) is 6.07 Å². The average molecular weight is 410 g/mol. The van der Waals surface area contributed by atoms with Crippen LogP contribution in [0, 0.1) is 0 Å². The SMILES string of the molecule is O=S(=O)(O)c1cc(O)c(N=Nc2c(O)ccc3ccc(O)cc23)c2ccccc12. The highest BCUT2D eigenvalue weighted by atomic mass is 32.2. The highest BCUT2D eigenvalue weighted by Crippen LogP contribution is 2.42. The third-order valence-electron chi connectivity index (χ3n) is 4.44. The van der Waals surface area contributed by atoms with E-state index in [1.54, 1.807) is 24.3 Å². The molecule has 0 amide bonds. The van der Waals surface area contributed by atoms with E-state index in [4.69, 9.17) is 0 Å². The molecular weight excluding hydrogens is 396 g/mol. The van der Waals surface area contributed by atoms with Gasteiger partial charge in [-0.25, -0.2) is 0 Å². The Morgan fingerprint density at radius 1 is 0.690 bits per heavy atom. The van der Waals surface area contributed by atoms with Crippen molar-refractivity contribution in [2.45, 2.75) is 4.90 Å². The molecule has 0 aliphatic rings. The van der Waals surface area contributed by atoms with E-state index in [2.05, 4.69) is 10.2 Å². The van der Waals surface area contributed by atoms with Crippen LogP contribution in [-0.4, -0.2) is 28.3 Å². The predicted molar refractivity (Wildman–Crippen MR) is 107 cm³/mol. The van der Waals surface area contributed by atoms with Gasteiger partial charge in [0.2, 0.25) is 0 Å². The molecule has 0 bridgehead atoms. The van der Waals surface area contributed by atoms with Gasteiger partial charge in [-0.1, -0.05) is 36.4 Å². The second kappa shape index (κ2) is 6.73. The van der Waals surface area contributed by atoms with Gasteiger partial charge in [0.05, 0.1) is 0 Å². The Balaban J connectivity index is 1.96. The first-order chi connectivity index (χ1) is 13.8. The van der Waals surface area contributed by atoms with Crippen LogP contribution in [0.5, 0.6) is 17.2 Å². The predicted octanol–water partition coefficient (Wildman–Crippen LogP) is 4.77. The number of fused-ring (bicyclic) bond motifs is 2. The maximum Gasteiger partial charge on any atom is 0.295 e. The Morgan fingerprint density at radius 3 is 2.00 bits per heavy atom. The van der Waals surface area contributed by atoms with E-state index >= 15 is 0 Å². The standard InChI is InChI=1S/C20H14N2O6S/c23-12-7-5-11-6-8-16(24)20(15(11)9-12)22-21-19-14-4-2-1-3-13(14)18(10-17(19)25)29(26,27)28/h1-10,23-25H,(H,26,27,28). The largest absolute Gasteiger partial charge is 0.508 e. The molecule has 4 aromatic carbocycles. The van der Waals surface area contributed by atoms with Crippen molar-refractivity contribution >= 4 is 43.0 Å². The van der Waals surface area contributed by atoms with Gasteiger partial charge in [-0.05, 0) is 23.6 Å². The van der Waals surface area contributed by atoms with Crippen molar-refractivity contribution < 1.29 is 28.3 Å². The summed E-state index contributed by atoms with van der Waals surface area (Å²) in [5.41, 5.74) is 0.0327. The number of rotatable bonds is 3. The number of hydrogen-bond donors (Lipinski definition) is 4. The van der Waals surface area contributed by atoms with Crippen LogP contribution in [-0.2, 0) is 10.1 Å². The molecule has 29 heavy (non-hydrogen) atoms. The van der Waals surface area contributed by atoms with E-state index in [1.807, 2.05) is 0 Å². The molecule has 0 saturated carbocycles.